The predicted molar refractivity (Wildman–Crippen MR) is 100 cm³/mol. The minimum absolute atomic E-state index is 0.00360. The SMILES string of the molecule is O=C(Nc1ccc(-n2nccn2)cc1)N1CC[C@H](CN2CCCCC2)C1. The lowest BCUT2D eigenvalue weighted by atomic mass is 10.1. The molecule has 0 bridgehead atoms. The van der Waals surface area contributed by atoms with Crippen LogP contribution in [0.3, 0.4) is 0 Å². The summed E-state index contributed by atoms with van der Waals surface area (Å²) in [6.45, 7) is 5.28. The molecule has 4 rings (SSSR count). The van der Waals surface area contributed by atoms with E-state index in [-0.39, 0.29) is 6.03 Å². The number of piperidine rings is 1. The molecule has 7 nitrogen and oxygen atoms in total. The molecule has 1 atom stereocenters. The van der Waals surface area contributed by atoms with Gasteiger partial charge in [0.15, 0.2) is 0 Å². The Morgan fingerprint density at radius 1 is 1.04 bits per heavy atom. The van der Waals surface area contributed by atoms with Gasteiger partial charge in [-0.15, -0.1) is 0 Å². The van der Waals surface area contributed by atoms with E-state index in [1.54, 1.807) is 17.2 Å². The largest absolute Gasteiger partial charge is 0.324 e. The van der Waals surface area contributed by atoms with Crippen LogP contribution in [0.5, 0.6) is 0 Å². The van der Waals surface area contributed by atoms with E-state index in [0.717, 1.165) is 37.4 Å². The number of amides is 2. The van der Waals surface area contributed by atoms with Gasteiger partial charge in [0, 0.05) is 25.3 Å². The Balaban J connectivity index is 1.28. The molecule has 2 fully saturated rings. The standard InChI is InChI=1S/C19H26N6O/c26-19(22-17-4-6-18(7-5-17)25-20-9-10-21-25)24-13-8-16(15-24)14-23-11-2-1-3-12-23/h4-7,9-10,16H,1-3,8,11-15H2,(H,22,26)/t16-/m1/s1. The van der Waals surface area contributed by atoms with Crippen LogP contribution in [0.1, 0.15) is 25.7 Å². The second-order valence-corrected chi connectivity index (χ2v) is 7.26. The smallest absolute Gasteiger partial charge is 0.321 e. The second-order valence-electron chi connectivity index (χ2n) is 7.26. The van der Waals surface area contributed by atoms with Crippen molar-refractivity contribution in [1.29, 1.82) is 0 Å². The van der Waals surface area contributed by atoms with Crippen LogP contribution in [0.4, 0.5) is 10.5 Å². The van der Waals surface area contributed by atoms with Crippen molar-refractivity contribution in [3.63, 3.8) is 0 Å². The van der Waals surface area contributed by atoms with Gasteiger partial charge in [0.1, 0.15) is 0 Å². The van der Waals surface area contributed by atoms with E-state index >= 15 is 0 Å². The van der Waals surface area contributed by atoms with E-state index in [1.165, 1.54) is 32.4 Å². The van der Waals surface area contributed by atoms with Gasteiger partial charge in [-0.3, -0.25) is 0 Å². The van der Waals surface area contributed by atoms with Crippen LogP contribution in [0.2, 0.25) is 0 Å². The number of aromatic nitrogens is 3. The van der Waals surface area contributed by atoms with E-state index in [0.29, 0.717) is 5.92 Å². The average molecular weight is 354 g/mol. The number of rotatable bonds is 4. The Morgan fingerprint density at radius 2 is 1.77 bits per heavy atom. The lowest BCUT2D eigenvalue weighted by Gasteiger charge is -2.29. The number of hydrogen-bond donors (Lipinski definition) is 1. The zero-order chi connectivity index (χ0) is 17.8. The fourth-order valence-electron chi connectivity index (χ4n) is 3.90. The lowest BCUT2D eigenvalue weighted by molar-refractivity contribution is 0.192. The Hall–Kier alpha value is -2.41. The summed E-state index contributed by atoms with van der Waals surface area (Å²) in [5.41, 5.74) is 1.67. The second kappa shape index (κ2) is 7.86. The van der Waals surface area contributed by atoms with Crippen LogP contribution in [0, 0.1) is 5.92 Å². The fraction of sp³-hybridized carbons (Fsp3) is 0.526. The van der Waals surface area contributed by atoms with Crippen LogP contribution in [-0.4, -0.2) is 63.5 Å². The highest BCUT2D eigenvalue weighted by atomic mass is 16.2. The van der Waals surface area contributed by atoms with Gasteiger partial charge in [0.05, 0.1) is 18.1 Å². The zero-order valence-electron chi connectivity index (χ0n) is 15.0. The van der Waals surface area contributed by atoms with Crippen molar-refractivity contribution in [3.05, 3.63) is 36.7 Å². The molecule has 1 aromatic heterocycles. The Labute approximate surface area is 154 Å². The number of hydrogen-bond acceptors (Lipinski definition) is 4. The van der Waals surface area contributed by atoms with Gasteiger partial charge < -0.3 is 15.1 Å². The van der Waals surface area contributed by atoms with Crippen LogP contribution in [-0.2, 0) is 0 Å². The molecule has 138 valence electrons. The summed E-state index contributed by atoms with van der Waals surface area (Å²) in [6, 6.07) is 7.57. The number of benzene rings is 1. The Morgan fingerprint density at radius 3 is 2.50 bits per heavy atom. The van der Waals surface area contributed by atoms with Gasteiger partial charge in [0.2, 0.25) is 0 Å². The Kier molecular flexibility index (Phi) is 5.15. The van der Waals surface area contributed by atoms with E-state index in [1.807, 2.05) is 29.2 Å². The third-order valence-electron chi connectivity index (χ3n) is 5.31. The van der Waals surface area contributed by atoms with Crippen molar-refractivity contribution in [2.75, 3.05) is 38.0 Å². The molecule has 0 unspecified atom stereocenters. The first kappa shape index (κ1) is 17.0. The van der Waals surface area contributed by atoms with Crippen LogP contribution >= 0.6 is 0 Å². The number of carbonyl (C=O) groups is 1. The molecule has 1 aromatic carbocycles. The lowest BCUT2D eigenvalue weighted by Crippen LogP contribution is -2.37. The normalized spacial score (nSPS) is 21.1. The molecule has 0 spiro atoms. The first-order chi connectivity index (χ1) is 12.8. The highest BCUT2D eigenvalue weighted by molar-refractivity contribution is 5.89. The van der Waals surface area contributed by atoms with Crippen molar-refractivity contribution in [2.45, 2.75) is 25.7 Å². The fourth-order valence-corrected chi connectivity index (χ4v) is 3.90. The van der Waals surface area contributed by atoms with E-state index in [2.05, 4.69) is 20.4 Å². The molecular weight excluding hydrogens is 328 g/mol. The summed E-state index contributed by atoms with van der Waals surface area (Å²) >= 11 is 0. The van der Waals surface area contributed by atoms with Gasteiger partial charge in [-0.05, 0) is 62.5 Å². The van der Waals surface area contributed by atoms with Gasteiger partial charge in [-0.2, -0.15) is 15.0 Å². The van der Waals surface area contributed by atoms with Gasteiger partial charge >= 0.3 is 6.03 Å². The summed E-state index contributed by atoms with van der Waals surface area (Å²) < 4.78 is 0. The summed E-state index contributed by atoms with van der Waals surface area (Å²) in [4.78, 5) is 18.6. The van der Waals surface area contributed by atoms with Crippen molar-refractivity contribution in [1.82, 2.24) is 24.8 Å². The predicted octanol–water partition coefficient (Wildman–Crippen LogP) is 2.61. The van der Waals surface area contributed by atoms with E-state index in [9.17, 15) is 4.79 Å². The number of carbonyl (C=O) groups excluding carboxylic acids is 1. The molecule has 0 saturated carbocycles. The van der Waals surface area contributed by atoms with Crippen molar-refractivity contribution in [2.24, 2.45) is 5.92 Å². The molecule has 2 amide bonds. The molecule has 2 aliphatic rings. The molecule has 1 N–H and O–H groups in total. The molecular formula is C19H26N6O. The highest BCUT2D eigenvalue weighted by Gasteiger charge is 2.28. The molecule has 7 heteroatoms. The van der Waals surface area contributed by atoms with Gasteiger partial charge in [-0.25, -0.2) is 4.79 Å². The average Bonchev–Trinajstić information content (AvgIpc) is 3.35. The molecule has 2 aliphatic heterocycles. The quantitative estimate of drug-likeness (QED) is 0.916. The first-order valence-corrected chi connectivity index (χ1v) is 9.53. The summed E-state index contributed by atoms with van der Waals surface area (Å²) in [7, 11) is 0. The van der Waals surface area contributed by atoms with Crippen LogP contribution in [0.25, 0.3) is 5.69 Å². The summed E-state index contributed by atoms with van der Waals surface area (Å²) in [6.07, 6.45) is 8.40. The third kappa shape index (κ3) is 4.04. The van der Waals surface area contributed by atoms with Crippen LogP contribution in [0.15, 0.2) is 36.7 Å². The molecule has 2 saturated heterocycles. The number of urea groups is 1. The molecule has 0 radical (unpaired) electrons. The van der Waals surface area contributed by atoms with E-state index < -0.39 is 0 Å². The molecule has 0 aliphatic carbocycles. The third-order valence-corrected chi connectivity index (χ3v) is 5.31. The Bertz CT molecular complexity index is 708. The highest BCUT2D eigenvalue weighted by Crippen LogP contribution is 2.21. The van der Waals surface area contributed by atoms with Crippen molar-refractivity contribution >= 4 is 11.7 Å². The summed E-state index contributed by atoms with van der Waals surface area (Å²) in [5, 5.41) is 11.2. The minimum atomic E-state index is -0.00360. The zero-order valence-corrected chi connectivity index (χ0v) is 15.0. The minimum Gasteiger partial charge on any atom is -0.324 e. The number of nitrogens with one attached hydrogen (secondary N) is 1. The van der Waals surface area contributed by atoms with E-state index in [4.69, 9.17) is 0 Å². The van der Waals surface area contributed by atoms with Crippen molar-refractivity contribution in [3.8, 4) is 5.69 Å². The maximum atomic E-state index is 12.5. The molecule has 3 heterocycles. The van der Waals surface area contributed by atoms with Gasteiger partial charge in [0.25, 0.3) is 0 Å². The molecule has 26 heavy (non-hydrogen) atoms. The number of anilines is 1. The number of likely N-dealkylation sites (tertiary alicyclic amines) is 2. The van der Waals surface area contributed by atoms with Crippen LogP contribution < -0.4 is 5.32 Å². The first-order valence-electron chi connectivity index (χ1n) is 9.53. The topological polar surface area (TPSA) is 66.3 Å². The monoisotopic (exact) mass is 354 g/mol. The summed E-state index contributed by atoms with van der Waals surface area (Å²) in [5.74, 6) is 0.604. The molecule has 2 aromatic rings. The van der Waals surface area contributed by atoms with Gasteiger partial charge in [-0.1, -0.05) is 6.42 Å². The number of nitrogens with zero attached hydrogens (tertiary/aromatic N) is 5. The maximum Gasteiger partial charge on any atom is 0.321 e. The maximum absolute atomic E-state index is 12.5. The van der Waals surface area contributed by atoms with Crippen molar-refractivity contribution < 1.29 is 4.79 Å².